The van der Waals surface area contributed by atoms with Crippen LogP contribution in [0, 0.1) is 0 Å². The number of aromatic hydroxyl groups is 1. The van der Waals surface area contributed by atoms with Gasteiger partial charge in [0.05, 0.1) is 18.2 Å². The molecule has 2 rings (SSSR count). The van der Waals surface area contributed by atoms with Gasteiger partial charge in [0, 0.05) is 13.1 Å². The van der Waals surface area contributed by atoms with Crippen molar-refractivity contribution in [3.63, 3.8) is 0 Å². The Balaban J connectivity index is 1.94. The molecule has 6 heteroatoms. The lowest BCUT2D eigenvalue weighted by molar-refractivity contribution is -0.132. The predicted molar refractivity (Wildman–Crippen MR) is 68.4 cm³/mol. The summed E-state index contributed by atoms with van der Waals surface area (Å²) in [6, 6.07) is 5.76. The van der Waals surface area contributed by atoms with Crippen LogP contribution in [0.15, 0.2) is 24.3 Å². The third kappa shape index (κ3) is 3.23. The molecule has 6 nitrogen and oxygen atoms in total. The molecule has 1 aliphatic heterocycles. The predicted octanol–water partition coefficient (Wildman–Crippen LogP) is -1.17. The maximum absolute atomic E-state index is 12.0. The third-order valence-electron chi connectivity index (χ3n) is 3.28. The Morgan fingerprint density at radius 1 is 1.26 bits per heavy atom. The topological polar surface area (TPSA) is 107 Å². The van der Waals surface area contributed by atoms with Gasteiger partial charge < -0.3 is 26.0 Å². The van der Waals surface area contributed by atoms with Crippen molar-refractivity contribution < 1.29 is 20.1 Å². The van der Waals surface area contributed by atoms with Crippen molar-refractivity contribution in [2.45, 2.75) is 24.7 Å². The van der Waals surface area contributed by atoms with E-state index in [0.29, 0.717) is 6.42 Å². The summed E-state index contributed by atoms with van der Waals surface area (Å²) in [6.07, 6.45) is -1.45. The summed E-state index contributed by atoms with van der Waals surface area (Å²) in [4.78, 5) is 13.4. The van der Waals surface area contributed by atoms with E-state index in [1.54, 1.807) is 12.1 Å². The molecule has 0 unspecified atom stereocenters. The molecule has 0 bridgehead atoms. The summed E-state index contributed by atoms with van der Waals surface area (Å²) in [5.41, 5.74) is 6.69. The van der Waals surface area contributed by atoms with Crippen molar-refractivity contribution in [2.24, 2.45) is 5.73 Å². The number of phenolic OH excluding ortho intramolecular Hbond substituents is 1. The molecule has 5 N–H and O–H groups in total. The van der Waals surface area contributed by atoms with E-state index in [1.807, 2.05) is 0 Å². The number of likely N-dealkylation sites (tertiary alicyclic amines) is 1. The van der Waals surface area contributed by atoms with Crippen molar-refractivity contribution in [3.05, 3.63) is 29.8 Å². The van der Waals surface area contributed by atoms with E-state index < -0.39 is 18.2 Å². The minimum absolute atomic E-state index is 0.114. The zero-order chi connectivity index (χ0) is 14.0. The molecule has 0 radical (unpaired) electrons. The Kier molecular flexibility index (Phi) is 4.04. The van der Waals surface area contributed by atoms with E-state index in [4.69, 9.17) is 10.8 Å². The highest BCUT2D eigenvalue weighted by atomic mass is 16.3. The van der Waals surface area contributed by atoms with Gasteiger partial charge in [0.1, 0.15) is 5.75 Å². The van der Waals surface area contributed by atoms with E-state index in [9.17, 15) is 15.0 Å². The minimum atomic E-state index is -0.898. The summed E-state index contributed by atoms with van der Waals surface area (Å²) in [7, 11) is 0. The van der Waals surface area contributed by atoms with Crippen LogP contribution in [0.3, 0.4) is 0 Å². The lowest BCUT2D eigenvalue weighted by atomic mass is 10.1. The first-order valence-corrected chi connectivity index (χ1v) is 6.16. The minimum Gasteiger partial charge on any atom is -0.508 e. The third-order valence-corrected chi connectivity index (χ3v) is 3.28. The van der Waals surface area contributed by atoms with Crippen molar-refractivity contribution in [1.82, 2.24) is 4.90 Å². The number of nitrogens with zero attached hydrogens (tertiary/aromatic N) is 1. The van der Waals surface area contributed by atoms with Gasteiger partial charge in [-0.1, -0.05) is 12.1 Å². The fourth-order valence-electron chi connectivity index (χ4n) is 2.16. The van der Waals surface area contributed by atoms with Crippen LogP contribution in [0.5, 0.6) is 5.75 Å². The molecule has 0 saturated carbocycles. The van der Waals surface area contributed by atoms with Gasteiger partial charge in [-0.3, -0.25) is 4.79 Å². The van der Waals surface area contributed by atoms with Crippen LogP contribution in [0.4, 0.5) is 0 Å². The molecule has 0 spiro atoms. The Labute approximate surface area is 111 Å². The highest BCUT2D eigenvalue weighted by molar-refractivity contribution is 5.82. The van der Waals surface area contributed by atoms with Crippen molar-refractivity contribution in [3.8, 4) is 5.75 Å². The average Bonchev–Trinajstić information content (AvgIpc) is 2.71. The van der Waals surface area contributed by atoms with Crippen molar-refractivity contribution >= 4 is 5.91 Å². The largest absolute Gasteiger partial charge is 0.508 e. The molecule has 1 aliphatic rings. The van der Waals surface area contributed by atoms with E-state index in [-0.39, 0.29) is 24.7 Å². The first-order chi connectivity index (χ1) is 8.97. The molecule has 3 atom stereocenters. The number of hydrogen-bond acceptors (Lipinski definition) is 5. The van der Waals surface area contributed by atoms with Crippen LogP contribution in [-0.4, -0.2) is 57.5 Å². The number of carbonyl (C=O) groups excluding carboxylic acids is 1. The summed E-state index contributed by atoms with van der Waals surface area (Å²) in [6.45, 7) is 0.229. The Morgan fingerprint density at radius 3 is 2.32 bits per heavy atom. The standard InChI is InChI=1S/C13H18N2O4/c14-10(5-8-1-3-9(16)4-2-8)13(19)15-6-11(17)12(18)7-15/h1-4,10-12,16-18H,5-7,14H2/t10-,11-,12+/m1/s1. The molecule has 1 saturated heterocycles. The van der Waals surface area contributed by atoms with E-state index >= 15 is 0 Å². The smallest absolute Gasteiger partial charge is 0.240 e. The van der Waals surface area contributed by atoms with Gasteiger partial charge in [0.15, 0.2) is 0 Å². The van der Waals surface area contributed by atoms with Gasteiger partial charge in [-0.25, -0.2) is 0 Å². The molecule has 1 aromatic carbocycles. The first kappa shape index (κ1) is 13.8. The second-order valence-electron chi connectivity index (χ2n) is 4.85. The quantitative estimate of drug-likeness (QED) is 0.551. The summed E-state index contributed by atoms with van der Waals surface area (Å²) < 4.78 is 0. The highest BCUT2D eigenvalue weighted by Gasteiger charge is 2.34. The second-order valence-corrected chi connectivity index (χ2v) is 4.85. The fraction of sp³-hybridized carbons (Fsp3) is 0.462. The van der Waals surface area contributed by atoms with E-state index in [1.165, 1.54) is 17.0 Å². The number of aliphatic hydroxyl groups excluding tert-OH is 2. The normalized spacial score (nSPS) is 24.5. The van der Waals surface area contributed by atoms with Crippen LogP contribution in [0.1, 0.15) is 5.56 Å². The number of hydrogen-bond donors (Lipinski definition) is 4. The van der Waals surface area contributed by atoms with Crippen LogP contribution < -0.4 is 5.73 Å². The van der Waals surface area contributed by atoms with Crippen LogP contribution in [0.25, 0.3) is 0 Å². The molecular weight excluding hydrogens is 248 g/mol. The van der Waals surface area contributed by atoms with Crippen molar-refractivity contribution in [1.29, 1.82) is 0 Å². The number of amides is 1. The van der Waals surface area contributed by atoms with E-state index in [2.05, 4.69) is 0 Å². The molecular formula is C13H18N2O4. The monoisotopic (exact) mass is 266 g/mol. The number of phenols is 1. The van der Waals surface area contributed by atoms with Gasteiger partial charge in [-0.05, 0) is 24.1 Å². The molecule has 1 aromatic rings. The molecule has 0 aromatic heterocycles. The molecule has 0 aliphatic carbocycles. The molecule has 19 heavy (non-hydrogen) atoms. The lowest BCUT2D eigenvalue weighted by Crippen LogP contribution is -2.44. The van der Waals surface area contributed by atoms with Crippen molar-refractivity contribution in [2.75, 3.05) is 13.1 Å². The molecule has 1 heterocycles. The van der Waals surface area contributed by atoms with Crippen LogP contribution in [0.2, 0.25) is 0 Å². The summed E-state index contributed by atoms with van der Waals surface area (Å²) in [5, 5.41) is 28.0. The van der Waals surface area contributed by atoms with Crippen LogP contribution >= 0.6 is 0 Å². The highest BCUT2D eigenvalue weighted by Crippen LogP contribution is 2.14. The average molecular weight is 266 g/mol. The fourth-order valence-corrected chi connectivity index (χ4v) is 2.16. The maximum Gasteiger partial charge on any atom is 0.240 e. The Hall–Kier alpha value is -1.63. The van der Waals surface area contributed by atoms with Gasteiger partial charge >= 0.3 is 0 Å². The number of carbonyl (C=O) groups is 1. The number of rotatable bonds is 3. The van der Waals surface area contributed by atoms with Crippen LogP contribution in [-0.2, 0) is 11.2 Å². The molecule has 1 fully saturated rings. The lowest BCUT2D eigenvalue weighted by Gasteiger charge is -2.20. The first-order valence-electron chi connectivity index (χ1n) is 6.16. The zero-order valence-electron chi connectivity index (χ0n) is 10.4. The molecule has 1 amide bonds. The maximum atomic E-state index is 12.0. The van der Waals surface area contributed by atoms with Gasteiger partial charge in [-0.2, -0.15) is 0 Å². The second kappa shape index (κ2) is 5.56. The SMILES string of the molecule is N[C@H](Cc1ccc(O)cc1)C(=O)N1C[C@@H](O)[C@@H](O)C1. The zero-order valence-corrected chi connectivity index (χ0v) is 10.4. The number of β-amino-alcohol motifs (C(OH)–C–C–N with tert-alkyl or cyclic N) is 2. The van der Waals surface area contributed by atoms with Gasteiger partial charge in [-0.15, -0.1) is 0 Å². The number of benzene rings is 1. The Bertz CT molecular complexity index is 438. The number of aliphatic hydroxyl groups is 2. The Morgan fingerprint density at radius 2 is 1.79 bits per heavy atom. The summed E-state index contributed by atoms with van der Waals surface area (Å²) >= 11 is 0. The van der Waals surface area contributed by atoms with E-state index in [0.717, 1.165) is 5.56 Å². The number of nitrogens with two attached hydrogens (primary N) is 1. The molecule has 104 valence electrons. The summed E-state index contributed by atoms with van der Waals surface area (Å²) in [5.74, 6) is -0.127. The van der Waals surface area contributed by atoms with Gasteiger partial charge in [0.2, 0.25) is 5.91 Å². The van der Waals surface area contributed by atoms with Gasteiger partial charge in [0.25, 0.3) is 0 Å².